The molecule has 1 aliphatic heterocycles. The summed E-state index contributed by atoms with van der Waals surface area (Å²) < 4.78 is 37.8. The molecule has 0 aromatic heterocycles. The molecule has 0 saturated heterocycles. The van der Waals surface area contributed by atoms with Gasteiger partial charge in [0.25, 0.3) is 0 Å². The second-order valence-corrected chi connectivity index (χ2v) is 7.06. The molecule has 150 valence electrons. The van der Waals surface area contributed by atoms with E-state index in [0.717, 1.165) is 30.8 Å². The van der Waals surface area contributed by atoms with Crippen molar-refractivity contribution in [3.8, 4) is 0 Å². The largest absolute Gasteiger partial charge is 0.416 e. The Morgan fingerprint density at radius 1 is 1.18 bits per heavy atom. The van der Waals surface area contributed by atoms with Crippen LogP contribution in [-0.2, 0) is 17.4 Å². The number of nitrogens with zero attached hydrogens (tertiary/aromatic N) is 1. The summed E-state index contributed by atoms with van der Waals surface area (Å²) in [7, 11) is 0. The molecule has 0 spiro atoms. The molecule has 1 amide bonds. The first-order chi connectivity index (χ1) is 13.3. The SMILES string of the molecule is CC(CC(=O)NCC(O)c1ccc(C(F)(F)F)cc1)N1CCc2ccccc21. The first-order valence-corrected chi connectivity index (χ1v) is 9.22. The highest BCUT2D eigenvalue weighted by molar-refractivity contribution is 5.77. The topological polar surface area (TPSA) is 52.6 Å². The van der Waals surface area contributed by atoms with E-state index in [-0.39, 0.29) is 24.9 Å². The number of hydrogen-bond donors (Lipinski definition) is 2. The molecule has 2 unspecified atom stereocenters. The van der Waals surface area contributed by atoms with E-state index in [0.29, 0.717) is 5.56 Å². The lowest BCUT2D eigenvalue weighted by atomic mass is 10.1. The number of halogens is 3. The number of fused-ring (bicyclic) bond motifs is 1. The van der Waals surface area contributed by atoms with Crippen LogP contribution in [0.25, 0.3) is 0 Å². The predicted molar refractivity (Wildman–Crippen MR) is 101 cm³/mol. The Morgan fingerprint density at radius 3 is 2.54 bits per heavy atom. The molecule has 4 nitrogen and oxygen atoms in total. The van der Waals surface area contributed by atoms with Crippen molar-refractivity contribution in [2.45, 2.75) is 38.1 Å². The summed E-state index contributed by atoms with van der Waals surface area (Å²) in [5, 5.41) is 12.8. The van der Waals surface area contributed by atoms with Crippen LogP contribution in [0.4, 0.5) is 18.9 Å². The van der Waals surface area contributed by atoms with Crippen molar-refractivity contribution in [1.29, 1.82) is 0 Å². The van der Waals surface area contributed by atoms with E-state index in [9.17, 15) is 23.1 Å². The lowest BCUT2D eigenvalue weighted by molar-refractivity contribution is -0.137. The number of anilines is 1. The Kier molecular flexibility index (Phi) is 5.93. The summed E-state index contributed by atoms with van der Waals surface area (Å²) in [5.74, 6) is -0.206. The zero-order chi connectivity index (χ0) is 20.3. The maximum absolute atomic E-state index is 12.6. The minimum absolute atomic E-state index is 0.00635. The molecule has 0 fully saturated rings. The van der Waals surface area contributed by atoms with Gasteiger partial charge in [0.1, 0.15) is 0 Å². The Balaban J connectivity index is 1.50. The highest BCUT2D eigenvalue weighted by Crippen LogP contribution is 2.31. The summed E-state index contributed by atoms with van der Waals surface area (Å²) in [4.78, 5) is 14.4. The highest BCUT2D eigenvalue weighted by atomic mass is 19.4. The summed E-state index contributed by atoms with van der Waals surface area (Å²) in [6.07, 6.45) is -4.25. The van der Waals surface area contributed by atoms with Crippen molar-refractivity contribution in [3.05, 3.63) is 65.2 Å². The number of alkyl halides is 3. The smallest absolute Gasteiger partial charge is 0.387 e. The minimum Gasteiger partial charge on any atom is -0.387 e. The van der Waals surface area contributed by atoms with Crippen molar-refractivity contribution < 1.29 is 23.1 Å². The van der Waals surface area contributed by atoms with Gasteiger partial charge in [0, 0.05) is 31.2 Å². The van der Waals surface area contributed by atoms with Gasteiger partial charge in [0.2, 0.25) is 5.91 Å². The highest BCUT2D eigenvalue weighted by Gasteiger charge is 2.30. The summed E-state index contributed by atoms with van der Waals surface area (Å²) in [6, 6.07) is 12.4. The number of aliphatic hydroxyl groups is 1. The normalized spacial score (nSPS) is 15.8. The Hall–Kier alpha value is -2.54. The second-order valence-electron chi connectivity index (χ2n) is 7.06. The zero-order valence-corrected chi connectivity index (χ0v) is 15.5. The number of benzene rings is 2. The van der Waals surface area contributed by atoms with Gasteiger partial charge in [-0.1, -0.05) is 30.3 Å². The van der Waals surface area contributed by atoms with Gasteiger partial charge in [0.15, 0.2) is 0 Å². The fraction of sp³-hybridized carbons (Fsp3) is 0.381. The van der Waals surface area contributed by atoms with Gasteiger partial charge in [0.05, 0.1) is 11.7 Å². The van der Waals surface area contributed by atoms with E-state index in [1.807, 2.05) is 25.1 Å². The van der Waals surface area contributed by atoms with Gasteiger partial charge in [-0.2, -0.15) is 13.2 Å². The molecular formula is C21H23F3N2O2. The average molecular weight is 392 g/mol. The standard InChI is InChI=1S/C21H23F3N2O2/c1-14(26-11-10-15-4-2-3-5-18(15)26)12-20(28)25-13-19(27)16-6-8-17(9-7-16)21(22,23)24/h2-9,14,19,27H,10-13H2,1H3,(H,25,28). The molecule has 0 bridgehead atoms. The van der Waals surface area contributed by atoms with Gasteiger partial charge in [-0.15, -0.1) is 0 Å². The molecule has 1 aliphatic rings. The maximum atomic E-state index is 12.6. The molecule has 7 heteroatoms. The molecule has 0 aliphatic carbocycles. The maximum Gasteiger partial charge on any atom is 0.416 e. The quantitative estimate of drug-likeness (QED) is 0.788. The predicted octanol–water partition coefficient (Wildman–Crippen LogP) is 3.70. The summed E-state index contributed by atoms with van der Waals surface area (Å²) in [5.41, 5.74) is 1.97. The first-order valence-electron chi connectivity index (χ1n) is 9.22. The van der Waals surface area contributed by atoms with Crippen molar-refractivity contribution in [1.82, 2.24) is 5.32 Å². The number of carbonyl (C=O) groups is 1. The van der Waals surface area contributed by atoms with Gasteiger partial charge in [-0.05, 0) is 42.7 Å². The van der Waals surface area contributed by atoms with E-state index < -0.39 is 17.8 Å². The fourth-order valence-electron chi connectivity index (χ4n) is 3.49. The number of rotatable bonds is 6. The Bertz CT molecular complexity index is 821. The zero-order valence-electron chi connectivity index (χ0n) is 15.5. The van der Waals surface area contributed by atoms with Crippen LogP contribution < -0.4 is 10.2 Å². The molecule has 2 aromatic rings. The van der Waals surface area contributed by atoms with Gasteiger partial charge in [-0.25, -0.2) is 0 Å². The second kappa shape index (κ2) is 8.22. The third kappa shape index (κ3) is 4.65. The summed E-state index contributed by atoms with van der Waals surface area (Å²) >= 11 is 0. The van der Waals surface area contributed by atoms with Crippen LogP contribution in [-0.4, -0.2) is 30.1 Å². The van der Waals surface area contributed by atoms with Crippen LogP contribution in [0.5, 0.6) is 0 Å². The number of amides is 1. The fourth-order valence-corrected chi connectivity index (χ4v) is 3.49. The Labute approximate surface area is 162 Å². The van der Waals surface area contributed by atoms with Gasteiger partial charge < -0.3 is 15.3 Å². The van der Waals surface area contributed by atoms with E-state index in [4.69, 9.17) is 0 Å². The van der Waals surface area contributed by atoms with Gasteiger partial charge >= 0.3 is 6.18 Å². The molecule has 2 atom stereocenters. The van der Waals surface area contributed by atoms with Crippen LogP contribution in [0.15, 0.2) is 48.5 Å². The van der Waals surface area contributed by atoms with Crippen LogP contribution in [0.3, 0.4) is 0 Å². The van der Waals surface area contributed by atoms with Gasteiger partial charge in [-0.3, -0.25) is 4.79 Å². The molecule has 2 N–H and O–H groups in total. The van der Waals surface area contributed by atoms with E-state index in [2.05, 4.69) is 16.3 Å². The Morgan fingerprint density at radius 2 is 1.86 bits per heavy atom. The molecular weight excluding hydrogens is 369 g/mol. The lowest BCUT2D eigenvalue weighted by Gasteiger charge is -2.27. The molecule has 2 aromatic carbocycles. The molecule has 0 saturated carbocycles. The molecule has 3 rings (SSSR count). The third-order valence-electron chi connectivity index (χ3n) is 5.05. The van der Waals surface area contributed by atoms with Crippen molar-refractivity contribution in [3.63, 3.8) is 0 Å². The van der Waals surface area contributed by atoms with E-state index in [1.165, 1.54) is 17.7 Å². The van der Waals surface area contributed by atoms with E-state index >= 15 is 0 Å². The van der Waals surface area contributed by atoms with Crippen molar-refractivity contribution in [2.24, 2.45) is 0 Å². The lowest BCUT2D eigenvalue weighted by Crippen LogP contribution is -2.37. The van der Waals surface area contributed by atoms with Crippen LogP contribution >= 0.6 is 0 Å². The van der Waals surface area contributed by atoms with Crippen LogP contribution in [0, 0.1) is 0 Å². The summed E-state index contributed by atoms with van der Waals surface area (Å²) in [6.45, 7) is 2.80. The van der Waals surface area contributed by atoms with E-state index in [1.54, 1.807) is 0 Å². The molecule has 1 heterocycles. The first kappa shape index (κ1) is 20.2. The number of nitrogens with one attached hydrogen (secondary N) is 1. The van der Waals surface area contributed by atoms with Crippen molar-refractivity contribution in [2.75, 3.05) is 18.0 Å². The number of aliphatic hydroxyl groups excluding tert-OH is 1. The van der Waals surface area contributed by atoms with Crippen LogP contribution in [0.1, 0.15) is 36.1 Å². The minimum atomic E-state index is -4.41. The number of hydrogen-bond acceptors (Lipinski definition) is 3. The van der Waals surface area contributed by atoms with Crippen LogP contribution in [0.2, 0.25) is 0 Å². The number of carbonyl (C=O) groups excluding carboxylic acids is 1. The third-order valence-corrected chi connectivity index (χ3v) is 5.05. The monoisotopic (exact) mass is 392 g/mol. The molecule has 28 heavy (non-hydrogen) atoms. The number of para-hydroxylation sites is 1. The molecule has 0 radical (unpaired) electrons. The van der Waals surface area contributed by atoms with Crippen molar-refractivity contribution >= 4 is 11.6 Å². The average Bonchev–Trinajstić information content (AvgIpc) is 3.10.